The van der Waals surface area contributed by atoms with Crippen molar-refractivity contribution in [3.63, 3.8) is 0 Å². The SMILES string of the molecule is CCNc1ncnc(N2CC(C)CC2C)c1CC. The second-order valence-corrected chi connectivity index (χ2v) is 5.25. The Morgan fingerprint density at radius 1 is 1.33 bits per heavy atom. The molecule has 4 heteroatoms. The second-order valence-electron chi connectivity index (χ2n) is 5.25. The van der Waals surface area contributed by atoms with E-state index in [2.05, 4.69) is 47.9 Å². The zero-order chi connectivity index (χ0) is 13.1. The monoisotopic (exact) mass is 248 g/mol. The Morgan fingerprint density at radius 3 is 2.67 bits per heavy atom. The van der Waals surface area contributed by atoms with E-state index in [1.807, 2.05) is 0 Å². The Hall–Kier alpha value is -1.32. The van der Waals surface area contributed by atoms with E-state index >= 15 is 0 Å². The number of aromatic nitrogens is 2. The molecule has 18 heavy (non-hydrogen) atoms. The van der Waals surface area contributed by atoms with Crippen LogP contribution in [0, 0.1) is 5.92 Å². The first kappa shape index (κ1) is 13.1. The van der Waals surface area contributed by atoms with Crippen molar-refractivity contribution in [1.29, 1.82) is 0 Å². The molecule has 0 aliphatic carbocycles. The minimum Gasteiger partial charge on any atom is -0.370 e. The number of anilines is 2. The van der Waals surface area contributed by atoms with Gasteiger partial charge in [0, 0.05) is 24.7 Å². The molecule has 0 saturated carbocycles. The molecule has 1 N–H and O–H groups in total. The number of hydrogen-bond acceptors (Lipinski definition) is 4. The van der Waals surface area contributed by atoms with E-state index in [1.54, 1.807) is 6.33 Å². The number of nitrogens with one attached hydrogen (secondary N) is 1. The molecular formula is C14H24N4. The fraction of sp³-hybridized carbons (Fsp3) is 0.714. The van der Waals surface area contributed by atoms with Crippen LogP contribution in [0.25, 0.3) is 0 Å². The van der Waals surface area contributed by atoms with Crippen LogP contribution in [0.15, 0.2) is 6.33 Å². The quantitative estimate of drug-likeness (QED) is 0.889. The van der Waals surface area contributed by atoms with E-state index in [9.17, 15) is 0 Å². The van der Waals surface area contributed by atoms with Crippen LogP contribution in [-0.2, 0) is 6.42 Å². The summed E-state index contributed by atoms with van der Waals surface area (Å²) in [5.41, 5.74) is 1.25. The molecule has 1 saturated heterocycles. The molecule has 1 aromatic rings. The highest BCUT2D eigenvalue weighted by Gasteiger charge is 2.29. The third kappa shape index (κ3) is 2.42. The summed E-state index contributed by atoms with van der Waals surface area (Å²) in [4.78, 5) is 11.3. The van der Waals surface area contributed by atoms with Gasteiger partial charge in [0.05, 0.1) is 0 Å². The Balaban J connectivity index is 2.35. The first-order chi connectivity index (χ1) is 8.67. The minimum absolute atomic E-state index is 0.578. The Morgan fingerprint density at radius 2 is 2.11 bits per heavy atom. The van der Waals surface area contributed by atoms with Crippen molar-refractivity contribution in [3.05, 3.63) is 11.9 Å². The molecule has 0 aromatic carbocycles. The zero-order valence-corrected chi connectivity index (χ0v) is 11.9. The maximum absolute atomic E-state index is 4.53. The topological polar surface area (TPSA) is 41.1 Å². The molecule has 0 amide bonds. The summed E-state index contributed by atoms with van der Waals surface area (Å²) in [6.45, 7) is 10.9. The van der Waals surface area contributed by atoms with Gasteiger partial charge in [-0.05, 0) is 32.6 Å². The van der Waals surface area contributed by atoms with Crippen LogP contribution in [0.5, 0.6) is 0 Å². The van der Waals surface area contributed by atoms with Crippen LogP contribution in [-0.4, -0.2) is 29.1 Å². The second kappa shape index (κ2) is 5.55. The molecule has 1 aliphatic rings. The molecule has 2 heterocycles. The lowest BCUT2D eigenvalue weighted by molar-refractivity contribution is 0.625. The molecule has 4 nitrogen and oxygen atoms in total. The first-order valence-electron chi connectivity index (χ1n) is 7.01. The minimum atomic E-state index is 0.578. The van der Waals surface area contributed by atoms with E-state index in [0.717, 1.165) is 37.1 Å². The normalized spacial score (nSPS) is 23.4. The summed E-state index contributed by atoms with van der Waals surface area (Å²) in [6, 6.07) is 0.578. The third-order valence-corrected chi connectivity index (χ3v) is 3.68. The van der Waals surface area contributed by atoms with E-state index in [4.69, 9.17) is 0 Å². The van der Waals surface area contributed by atoms with E-state index < -0.39 is 0 Å². The van der Waals surface area contributed by atoms with Crippen LogP contribution in [0.1, 0.15) is 39.7 Å². The molecule has 2 unspecified atom stereocenters. The van der Waals surface area contributed by atoms with E-state index in [0.29, 0.717) is 6.04 Å². The molecule has 0 spiro atoms. The lowest BCUT2D eigenvalue weighted by Crippen LogP contribution is -2.29. The van der Waals surface area contributed by atoms with Crippen molar-refractivity contribution in [2.75, 3.05) is 23.3 Å². The average molecular weight is 248 g/mol. The van der Waals surface area contributed by atoms with Crippen LogP contribution >= 0.6 is 0 Å². The van der Waals surface area contributed by atoms with Crippen molar-refractivity contribution in [3.8, 4) is 0 Å². The molecule has 2 rings (SSSR count). The summed E-state index contributed by atoms with van der Waals surface area (Å²) in [5, 5.41) is 3.34. The highest BCUT2D eigenvalue weighted by molar-refractivity contribution is 5.59. The van der Waals surface area contributed by atoms with Gasteiger partial charge in [-0.1, -0.05) is 13.8 Å². The Labute approximate surface area is 110 Å². The van der Waals surface area contributed by atoms with Gasteiger partial charge >= 0.3 is 0 Å². The van der Waals surface area contributed by atoms with Gasteiger partial charge in [-0.25, -0.2) is 9.97 Å². The van der Waals surface area contributed by atoms with Crippen LogP contribution < -0.4 is 10.2 Å². The van der Waals surface area contributed by atoms with Gasteiger partial charge in [-0.15, -0.1) is 0 Å². The van der Waals surface area contributed by atoms with Crippen molar-refractivity contribution in [2.45, 2.75) is 46.6 Å². The largest absolute Gasteiger partial charge is 0.370 e. The van der Waals surface area contributed by atoms with Crippen molar-refractivity contribution in [2.24, 2.45) is 5.92 Å². The van der Waals surface area contributed by atoms with Gasteiger partial charge in [0.25, 0.3) is 0 Å². The maximum Gasteiger partial charge on any atom is 0.137 e. The Bertz CT molecular complexity index is 405. The highest BCUT2D eigenvalue weighted by Crippen LogP contribution is 2.31. The van der Waals surface area contributed by atoms with Gasteiger partial charge in [0.2, 0.25) is 0 Å². The van der Waals surface area contributed by atoms with E-state index in [-0.39, 0.29) is 0 Å². The maximum atomic E-state index is 4.53. The van der Waals surface area contributed by atoms with Crippen molar-refractivity contribution < 1.29 is 0 Å². The van der Waals surface area contributed by atoms with Crippen molar-refractivity contribution >= 4 is 11.6 Å². The highest BCUT2D eigenvalue weighted by atomic mass is 15.2. The summed E-state index contributed by atoms with van der Waals surface area (Å²) < 4.78 is 0. The summed E-state index contributed by atoms with van der Waals surface area (Å²) in [7, 11) is 0. The standard InChI is InChI=1S/C14H24N4/c1-5-12-13(15-6-2)16-9-17-14(12)18-8-10(3)7-11(18)4/h9-11H,5-8H2,1-4H3,(H,15,16,17). The van der Waals surface area contributed by atoms with Gasteiger partial charge in [0.15, 0.2) is 0 Å². The molecule has 0 bridgehead atoms. The summed E-state index contributed by atoms with van der Waals surface area (Å²) in [5.74, 6) is 2.87. The van der Waals surface area contributed by atoms with Crippen LogP contribution in [0.2, 0.25) is 0 Å². The fourth-order valence-corrected chi connectivity index (χ4v) is 2.89. The van der Waals surface area contributed by atoms with Gasteiger partial charge in [-0.3, -0.25) is 0 Å². The Kier molecular flexibility index (Phi) is 4.04. The van der Waals surface area contributed by atoms with Crippen LogP contribution in [0.4, 0.5) is 11.6 Å². The molecule has 1 aromatic heterocycles. The average Bonchev–Trinajstić information content (AvgIpc) is 2.68. The first-order valence-corrected chi connectivity index (χ1v) is 7.01. The fourth-order valence-electron chi connectivity index (χ4n) is 2.89. The molecule has 1 aliphatic heterocycles. The zero-order valence-electron chi connectivity index (χ0n) is 11.9. The summed E-state index contributed by atoms with van der Waals surface area (Å²) in [6.07, 6.45) is 3.90. The third-order valence-electron chi connectivity index (χ3n) is 3.68. The smallest absolute Gasteiger partial charge is 0.137 e. The van der Waals surface area contributed by atoms with E-state index in [1.165, 1.54) is 12.0 Å². The number of nitrogens with zero attached hydrogens (tertiary/aromatic N) is 3. The predicted molar refractivity (Wildman–Crippen MR) is 76.2 cm³/mol. The lowest BCUT2D eigenvalue weighted by atomic mass is 10.1. The predicted octanol–water partition coefficient (Wildman–Crippen LogP) is 2.71. The van der Waals surface area contributed by atoms with Crippen molar-refractivity contribution in [1.82, 2.24) is 9.97 Å². The van der Waals surface area contributed by atoms with Gasteiger partial charge in [-0.2, -0.15) is 0 Å². The number of rotatable bonds is 4. The molecule has 2 atom stereocenters. The van der Waals surface area contributed by atoms with Gasteiger partial charge < -0.3 is 10.2 Å². The van der Waals surface area contributed by atoms with Gasteiger partial charge in [0.1, 0.15) is 18.0 Å². The summed E-state index contributed by atoms with van der Waals surface area (Å²) >= 11 is 0. The number of hydrogen-bond donors (Lipinski definition) is 1. The molecule has 1 fully saturated rings. The van der Waals surface area contributed by atoms with Crippen LogP contribution in [0.3, 0.4) is 0 Å². The molecule has 100 valence electrons. The molecule has 0 radical (unpaired) electrons. The lowest BCUT2D eigenvalue weighted by Gasteiger charge is -2.25. The molecular weight excluding hydrogens is 224 g/mol.